The van der Waals surface area contributed by atoms with Gasteiger partial charge in [0.05, 0.1) is 5.69 Å². The van der Waals surface area contributed by atoms with Gasteiger partial charge in [-0.25, -0.2) is 4.98 Å². The highest BCUT2D eigenvalue weighted by molar-refractivity contribution is 7.15. The first-order valence-electron chi connectivity index (χ1n) is 7.00. The third-order valence-electron chi connectivity index (χ3n) is 3.30. The van der Waals surface area contributed by atoms with E-state index >= 15 is 0 Å². The number of carbonyl (C=O) groups excluding carboxylic acids is 1. The Kier molecular flexibility index (Phi) is 4.12. The van der Waals surface area contributed by atoms with Crippen LogP contribution in [0.4, 0.5) is 5.69 Å². The minimum atomic E-state index is -0.400. The van der Waals surface area contributed by atoms with E-state index in [0.29, 0.717) is 16.4 Å². The number of anilines is 1. The van der Waals surface area contributed by atoms with E-state index in [0.717, 1.165) is 5.56 Å². The summed E-state index contributed by atoms with van der Waals surface area (Å²) < 4.78 is 6.82. The van der Waals surface area contributed by atoms with Crippen LogP contribution in [0.2, 0.25) is 0 Å². The Labute approximate surface area is 136 Å². The molecule has 0 aliphatic rings. The molecule has 1 aromatic carbocycles. The summed E-state index contributed by atoms with van der Waals surface area (Å²) in [7, 11) is 0. The Hall–Kier alpha value is -2.67. The molecule has 23 heavy (non-hydrogen) atoms. The van der Waals surface area contributed by atoms with Crippen molar-refractivity contribution in [3.63, 3.8) is 0 Å². The number of hydrogen-bond acceptors (Lipinski definition) is 5. The van der Waals surface area contributed by atoms with Crippen molar-refractivity contribution in [2.75, 3.05) is 11.9 Å². The normalized spacial score (nSPS) is 10.7. The lowest BCUT2D eigenvalue weighted by molar-refractivity contribution is -0.118. The monoisotopic (exact) mass is 329 g/mol. The first-order chi connectivity index (χ1) is 11.0. The van der Waals surface area contributed by atoms with Gasteiger partial charge in [0, 0.05) is 11.6 Å². The molecule has 0 bridgehead atoms. The molecule has 0 spiro atoms. The molecule has 1 N–H and O–H groups in total. The highest BCUT2D eigenvalue weighted by Gasteiger charge is 2.13. The standard InChI is InChI=1S/C16H15N3O3S/c1-10-3-5-12(6-4-10)22-9-13(20)18-14-11(2)17-16-19(15(14)21)7-8-23-16/h3-8H,9H2,1-2H3,(H,18,20). The zero-order valence-corrected chi connectivity index (χ0v) is 13.5. The van der Waals surface area contributed by atoms with Gasteiger partial charge in [-0.15, -0.1) is 11.3 Å². The molecule has 3 aromatic rings. The van der Waals surface area contributed by atoms with Crippen molar-refractivity contribution in [3.8, 4) is 5.75 Å². The number of hydrogen-bond donors (Lipinski definition) is 1. The van der Waals surface area contributed by atoms with Gasteiger partial charge in [0.2, 0.25) is 0 Å². The number of thiazole rings is 1. The zero-order chi connectivity index (χ0) is 16.4. The van der Waals surface area contributed by atoms with Crippen LogP contribution in [-0.2, 0) is 4.79 Å². The van der Waals surface area contributed by atoms with Gasteiger partial charge in [-0.2, -0.15) is 0 Å². The summed E-state index contributed by atoms with van der Waals surface area (Å²) in [6.07, 6.45) is 1.63. The molecule has 0 saturated heterocycles. The molecule has 118 valence electrons. The van der Waals surface area contributed by atoms with E-state index in [2.05, 4.69) is 10.3 Å². The number of aryl methyl sites for hydroxylation is 2. The van der Waals surface area contributed by atoms with Crippen molar-refractivity contribution in [2.45, 2.75) is 13.8 Å². The molecule has 6 nitrogen and oxygen atoms in total. The number of nitrogens with zero attached hydrogens (tertiary/aromatic N) is 2. The summed E-state index contributed by atoms with van der Waals surface area (Å²) in [5.74, 6) is 0.202. The molecular weight excluding hydrogens is 314 g/mol. The summed E-state index contributed by atoms with van der Waals surface area (Å²) in [5, 5.41) is 4.36. The number of fused-ring (bicyclic) bond motifs is 1. The number of carbonyl (C=O) groups is 1. The maximum atomic E-state index is 12.3. The number of amides is 1. The molecule has 3 rings (SSSR count). The summed E-state index contributed by atoms with van der Waals surface area (Å²) in [6, 6.07) is 7.39. The van der Waals surface area contributed by atoms with E-state index in [1.165, 1.54) is 15.7 Å². The van der Waals surface area contributed by atoms with Gasteiger partial charge in [0.15, 0.2) is 11.6 Å². The third-order valence-corrected chi connectivity index (χ3v) is 4.06. The summed E-state index contributed by atoms with van der Waals surface area (Å²) in [6.45, 7) is 3.49. The molecule has 0 fully saturated rings. The van der Waals surface area contributed by atoms with E-state index in [1.54, 1.807) is 30.6 Å². The molecule has 0 unspecified atom stereocenters. The van der Waals surface area contributed by atoms with Crippen LogP contribution in [0.15, 0.2) is 40.6 Å². The highest BCUT2D eigenvalue weighted by Crippen LogP contribution is 2.13. The van der Waals surface area contributed by atoms with Crippen molar-refractivity contribution < 1.29 is 9.53 Å². The van der Waals surface area contributed by atoms with Gasteiger partial charge >= 0.3 is 0 Å². The van der Waals surface area contributed by atoms with Gasteiger partial charge in [-0.05, 0) is 26.0 Å². The molecule has 0 atom stereocenters. The lowest BCUT2D eigenvalue weighted by Crippen LogP contribution is -2.27. The molecule has 0 aliphatic heterocycles. The summed E-state index contributed by atoms with van der Waals surface area (Å²) >= 11 is 1.37. The number of rotatable bonds is 4. The van der Waals surface area contributed by atoms with Gasteiger partial charge in [-0.3, -0.25) is 14.0 Å². The lowest BCUT2D eigenvalue weighted by atomic mass is 10.2. The Balaban J connectivity index is 1.72. The lowest BCUT2D eigenvalue weighted by Gasteiger charge is -2.09. The Morgan fingerprint density at radius 2 is 2.04 bits per heavy atom. The predicted molar refractivity (Wildman–Crippen MR) is 89.4 cm³/mol. The fourth-order valence-electron chi connectivity index (χ4n) is 2.08. The largest absolute Gasteiger partial charge is 0.484 e. The van der Waals surface area contributed by atoms with Gasteiger partial charge in [-0.1, -0.05) is 17.7 Å². The van der Waals surface area contributed by atoms with Crippen molar-refractivity contribution >= 4 is 27.9 Å². The van der Waals surface area contributed by atoms with Gasteiger partial charge in [0.1, 0.15) is 11.4 Å². The van der Waals surface area contributed by atoms with E-state index in [4.69, 9.17) is 4.74 Å². The minimum Gasteiger partial charge on any atom is -0.484 e. The molecule has 7 heteroatoms. The Morgan fingerprint density at radius 1 is 1.30 bits per heavy atom. The van der Waals surface area contributed by atoms with E-state index < -0.39 is 5.91 Å². The smallest absolute Gasteiger partial charge is 0.282 e. The maximum Gasteiger partial charge on any atom is 0.282 e. The first kappa shape index (κ1) is 15.2. The average molecular weight is 329 g/mol. The Bertz CT molecular complexity index is 912. The predicted octanol–water partition coefficient (Wildman–Crippen LogP) is 2.39. The fraction of sp³-hybridized carbons (Fsp3) is 0.188. The molecule has 0 aliphatic carbocycles. The van der Waals surface area contributed by atoms with Gasteiger partial charge in [0.25, 0.3) is 11.5 Å². The molecular formula is C16H15N3O3S. The van der Waals surface area contributed by atoms with Crippen LogP contribution >= 0.6 is 11.3 Å². The number of benzene rings is 1. The SMILES string of the molecule is Cc1ccc(OCC(=O)Nc2c(C)nc3sccn3c2=O)cc1. The average Bonchev–Trinajstić information content (AvgIpc) is 2.99. The van der Waals surface area contributed by atoms with Crippen LogP contribution in [0, 0.1) is 13.8 Å². The second-order valence-electron chi connectivity index (χ2n) is 5.08. The molecule has 0 radical (unpaired) electrons. The van der Waals surface area contributed by atoms with Crippen LogP contribution in [-0.4, -0.2) is 21.9 Å². The molecule has 0 saturated carbocycles. The number of ether oxygens (including phenoxy) is 1. The first-order valence-corrected chi connectivity index (χ1v) is 7.88. The Morgan fingerprint density at radius 3 is 2.78 bits per heavy atom. The van der Waals surface area contributed by atoms with Gasteiger partial charge < -0.3 is 10.1 Å². The van der Waals surface area contributed by atoms with E-state index in [1.807, 2.05) is 19.1 Å². The van der Waals surface area contributed by atoms with E-state index in [-0.39, 0.29) is 17.9 Å². The maximum absolute atomic E-state index is 12.3. The topological polar surface area (TPSA) is 72.7 Å². The molecule has 2 aromatic heterocycles. The highest BCUT2D eigenvalue weighted by atomic mass is 32.1. The van der Waals surface area contributed by atoms with Crippen molar-refractivity contribution in [2.24, 2.45) is 0 Å². The number of aromatic nitrogens is 2. The number of nitrogens with one attached hydrogen (secondary N) is 1. The van der Waals surface area contributed by atoms with Crippen molar-refractivity contribution in [1.29, 1.82) is 0 Å². The van der Waals surface area contributed by atoms with Crippen LogP contribution < -0.4 is 15.6 Å². The van der Waals surface area contributed by atoms with Crippen LogP contribution in [0.5, 0.6) is 5.75 Å². The zero-order valence-electron chi connectivity index (χ0n) is 12.7. The van der Waals surface area contributed by atoms with Crippen LogP contribution in [0.3, 0.4) is 0 Å². The summed E-state index contributed by atoms with van der Waals surface area (Å²) in [5.41, 5.74) is 1.48. The molecule has 2 heterocycles. The van der Waals surface area contributed by atoms with Crippen LogP contribution in [0.1, 0.15) is 11.3 Å². The third kappa shape index (κ3) is 3.24. The van der Waals surface area contributed by atoms with E-state index in [9.17, 15) is 9.59 Å². The second-order valence-corrected chi connectivity index (χ2v) is 5.96. The second kappa shape index (κ2) is 6.21. The van der Waals surface area contributed by atoms with Crippen molar-refractivity contribution in [3.05, 3.63) is 57.5 Å². The minimum absolute atomic E-state index is 0.172. The van der Waals surface area contributed by atoms with Crippen molar-refractivity contribution in [1.82, 2.24) is 9.38 Å². The fourth-order valence-corrected chi connectivity index (χ4v) is 2.84. The summed E-state index contributed by atoms with van der Waals surface area (Å²) in [4.78, 5) is 29.3. The quantitative estimate of drug-likeness (QED) is 0.798. The van der Waals surface area contributed by atoms with Crippen LogP contribution in [0.25, 0.3) is 4.96 Å². The molecule has 1 amide bonds.